The van der Waals surface area contributed by atoms with E-state index in [1.807, 2.05) is 69.0 Å². The summed E-state index contributed by atoms with van der Waals surface area (Å²) in [5.41, 5.74) is 5.81. The molecule has 1 aromatic carbocycles. The Hall–Kier alpha value is -3.55. The highest BCUT2D eigenvalue weighted by molar-refractivity contribution is 5.79. The molecule has 1 saturated heterocycles. The molecular weight excluding hydrogens is 450 g/mol. The Labute approximate surface area is 211 Å². The molecule has 4 aromatic rings. The van der Waals surface area contributed by atoms with Gasteiger partial charge in [-0.2, -0.15) is 0 Å². The van der Waals surface area contributed by atoms with E-state index in [-0.39, 0.29) is 18.1 Å². The van der Waals surface area contributed by atoms with Gasteiger partial charge in [-0.05, 0) is 61.7 Å². The maximum Gasteiger partial charge on any atom is 0.193 e. The minimum absolute atomic E-state index is 0.0528. The minimum Gasteiger partial charge on any atom is -0.390 e. The van der Waals surface area contributed by atoms with Crippen molar-refractivity contribution in [2.45, 2.75) is 45.5 Å². The number of fused-ring (bicyclic) bond motifs is 1. The largest absolute Gasteiger partial charge is 0.390 e. The predicted octanol–water partition coefficient (Wildman–Crippen LogP) is 3.80. The zero-order chi connectivity index (χ0) is 25.1. The molecule has 7 nitrogen and oxygen atoms in total. The maximum absolute atomic E-state index is 13.5. The number of benzene rings is 1. The Kier molecular flexibility index (Phi) is 7.11. The quantitative estimate of drug-likeness (QED) is 0.431. The van der Waals surface area contributed by atoms with Gasteiger partial charge in [0, 0.05) is 68.3 Å². The number of aliphatic hydroxyl groups is 1. The Morgan fingerprint density at radius 3 is 2.75 bits per heavy atom. The van der Waals surface area contributed by atoms with Crippen LogP contribution < -0.4 is 10.3 Å². The smallest absolute Gasteiger partial charge is 0.193 e. The van der Waals surface area contributed by atoms with Crippen LogP contribution in [-0.4, -0.2) is 43.7 Å². The van der Waals surface area contributed by atoms with Crippen LogP contribution in [0.3, 0.4) is 0 Å². The molecule has 1 aliphatic heterocycles. The van der Waals surface area contributed by atoms with E-state index in [4.69, 9.17) is 0 Å². The van der Waals surface area contributed by atoms with Crippen LogP contribution in [-0.2, 0) is 26.7 Å². The summed E-state index contributed by atoms with van der Waals surface area (Å²) in [7, 11) is 2.01. The van der Waals surface area contributed by atoms with Gasteiger partial charge in [0.2, 0.25) is 0 Å². The number of aliphatic hydroxyl groups excluding tert-OH is 1. The molecule has 0 amide bonds. The van der Waals surface area contributed by atoms with Crippen molar-refractivity contribution in [3.8, 4) is 0 Å². The van der Waals surface area contributed by atoms with Gasteiger partial charge in [-0.3, -0.25) is 19.7 Å². The number of hydrogen-bond acceptors (Lipinski definition) is 6. The first-order valence-corrected chi connectivity index (χ1v) is 12.6. The van der Waals surface area contributed by atoms with Crippen molar-refractivity contribution in [1.29, 1.82) is 0 Å². The van der Waals surface area contributed by atoms with Crippen molar-refractivity contribution < 1.29 is 5.11 Å². The van der Waals surface area contributed by atoms with Crippen molar-refractivity contribution in [1.82, 2.24) is 19.4 Å². The third-order valence-electron chi connectivity index (χ3n) is 7.14. The van der Waals surface area contributed by atoms with E-state index in [1.165, 1.54) is 5.56 Å². The summed E-state index contributed by atoms with van der Waals surface area (Å²) in [5.74, 6) is 0. The summed E-state index contributed by atoms with van der Waals surface area (Å²) in [6.07, 6.45) is 7.83. The third kappa shape index (κ3) is 5.17. The summed E-state index contributed by atoms with van der Waals surface area (Å²) < 4.78 is 2.06. The number of rotatable bonds is 7. The van der Waals surface area contributed by atoms with Crippen LogP contribution in [0.1, 0.15) is 35.4 Å². The zero-order valence-corrected chi connectivity index (χ0v) is 21.0. The van der Waals surface area contributed by atoms with Crippen LogP contribution in [0.15, 0.2) is 71.9 Å². The molecule has 0 saturated carbocycles. The first-order valence-electron chi connectivity index (χ1n) is 12.6. The highest BCUT2D eigenvalue weighted by Crippen LogP contribution is 2.25. The topological polar surface area (TPSA) is 74.5 Å². The Balaban J connectivity index is 1.46. The summed E-state index contributed by atoms with van der Waals surface area (Å²) in [5, 5.41) is 10.1. The average Bonchev–Trinajstić information content (AvgIpc) is 2.91. The molecule has 186 valence electrons. The molecule has 1 atom stereocenters. The summed E-state index contributed by atoms with van der Waals surface area (Å²) >= 11 is 0. The van der Waals surface area contributed by atoms with Gasteiger partial charge in [0.05, 0.1) is 29.7 Å². The van der Waals surface area contributed by atoms with Gasteiger partial charge in [0.15, 0.2) is 5.43 Å². The molecule has 0 spiro atoms. The van der Waals surface area contributed by atoms with Crippen molar-refractivity contribution in [3.63, 3.8) is 0 Å². The highest BCUT2D eigenvalue weighted by Gasteiger charge is 2.27. The lowest BCUT2D eigenvalue weighted by Crippen LogP contribution is -2.48. The van der Waals surface area contributed by atoms with Gasteiger partial charge < -0.3 is 14.6 Å². The van der Waals surface area contributed by atoms with Gasteiger partial charge in [0.1, 0.15) is 0 Å². The summed E-state index contributed by atoms with van der Waals surface area (Å²) in [6, 6.07) is 16.2. The second-order valence-corrected chi connectivity index (χ2v) is 9.73. The fourth-order valence-corrected chi connectivity index (χ4v) is 5.28. The number of aromatic nitrogens is 3. The monoisotopic (exact) mass is 483 g/mol. The molecule has 0 unspecified atom stereocenters. The number of aryl methyl sites for hydroxylation is 2. The van der Waals surface area contributed by atoms with Crippen LogP contribution in [0.5, 0.6) is 0 Å². The van der Waals surface area contributed by atoms with Gasteiger partial charge >= 0.3 is 0 Å². The van der Waals surface area contributed by atoms with E-state index >= 15 is 0 Å². The van der Waals surface area contributed by atoms with E-state index < -0.39 is 0 Å². The first kappa shape index (κ1) is 24.2. The van der Waals surface area contributed by atoms with Crippen molar-refractivity contribution in [3.05, 3.63) is 99.9 Å². The molecule has 1 fully saturated rings. The van der Waals surface area contributed by atoms with Crippen LogP contribution in [0.4, 0.5) is 5.69 Å². The number of hydrogen-bond donors (Lipinski definition) is 1. The van der Waals surface area contributed by atoms with E-state index in [0.29, 0.717) is 12.2 Å². The van der Waals surface area contributed by atoms with E-state index in [2.05, 4.69) is 36.5 Å². The second-order valence-electron chi connectivity index (χ2n) is 9.73. The molecule has 5 rings (SSSR count). The standard InChI is InChI=1S/C29H33N5O2/c1-21-14-22(11-12-30-21)16-34(18-23-17-32(2)28-8-4-3-7-27(28)29(23)36)26-6-5-13-33(19-26)25-10-9-24(20-35)31-15-25/h3-4,7-12,14-15,17,26,35H,5-6,13,16,18-20H2,1-2H3/t26-/m0/s1. The predicted molar refractivity (Wildman–Crippen MR) is 143 cm³/mol. The molecule has 1 aliphatic rings. The maximum atomic E-state index is 13.5. The lowest BCUT2D eigenvalue weighted by Gasteiger charge is -2.40. The fraction of sp³-hybridized carbons (Fsp3) is 0.345. The molecule has 0 aliphatic carbocycles. The number of para-hydroxylation sites is 1. The zero-order valence-electron chi connectivity index (χ0n) is 21.0. The Morgan fingerprint density at radius 2 is 1.97 bits per heavy atom. The average molecular weight is 484 g/mol. The lowest BCUT2D eigenvalue weighted by molar-refractivity contribution is 0.158. The number of piperidine rings is 1. The first-order chi connectivity index (χ1) is 17.5. The van der Waals surface area contributed by atoms with E-state index in [9.17, 15) is 9.90 Å². The fourth-order valence-electron chi connectivity index (χ4n) is 5.28. The number of anilines is 1. The second kappa shape index (κ2) is 10.6. The van der Waals surface area contributed by atoms with Gasteiger partial charge in [0.25, 0.3) is 0 Å². The SMILES string of the molecule is Cc1cc(CN(Cc2cn(C)c3ccccc3c2=O)[C@H]2CCCN(c3ccc(CO)nc3)C2)ccn1. The van der Waals surface area contributed by atoms with Gasteiger partial charge in [-0.1, -0.05) is 12.1 Å². The van der Waals surface area contributed by atoms with E-state index in [1.54, 1.807) is 0 Å². The molecule has 7 heteroatoms. The van der Waals surface area contributed by atoms with Crippen LogP contribution in [0, 0.1) is 6.92 Å². The van der Waals surface area contributed by atoms with Crippen LogP contribution in [0.25, 0.3) is 10.9 Å². The highest BCUT2D eigenvalue weighted by atomic mass is 16.3. The summed E-state index contributed by atoms with van der Waals surface area (Å²) in [4.78, 5) is 27.0. The van der Waals surface area contributed by atoms with Crippen LogP contribution >= 0.6 is 0 Å². The van der Waals surface area contributed by atoms with E-state index in [0.717, 1.165) is 60.3 Å². The van der Waals surface area contributed by atoms with Crippen molar-refractivity contribution >= 4 is 16.6 Å². The minimum atomic E-state index is -0.0528. The van der Waals surface area contributed by atoms with Crippen molar-refractivity contribution in [2.24, 2.45) is 7.05 Å². The Morgan fingerprint density at radius 1 is 1.11 bits per heavy atom. The summed E-state index contributed by atoms with van der Waals surface area (Å²) in [6.45, 7) is 5.12. The third-order valence-corrected chi connectivity index (χ3v) is 7.14. The molecular formula is C29H33N5O2. The van der Waals surface area contributed by atoms with Crippen molar-refractivity contribution in [2.75, 3.05) is 18.0 Å². The Bertz CT molecular complexity index is 1400. The molecule has 3 aromatic heterocycles. The molecule has 4 heterocycles. The lowest BCUT2D eigenvalue weighted by atomic mass is 10.0. The molecule has 36 heavy (non-hydrogen) atoms. The normalized spacial score (nSPS) is 16.1. The van der Waals surface area contributed by atoms with Gasteiger partial charge in [-0.15, -0.1) is 0 Å². The van der Waals surface area contributed by atoms with Crippen LogP contribution in [0.2, 0.25) is 0 Å². The number of pyridine rings is 3. The molecule has 1 N–H and O–H groups in total. The van der Waals surface area contributed by atoms with Gasteiger partial charge in [-0.25, -0.2) is 0 Å². The molecule has 0 bridgehead atoms. The molecule has 0 radical (unpaired) electrons. The number of nitrogens with zero attached hydrogens (tertiary/aromatic N) is 5.